The summed E-state index contributed by atoms with van der Waals surface area (Å²) in [7, 11) is 0. The maximum atomic E-state index is 11.2. The number of nitrogens with zero attached hydrogens (tertiary/aromatic N) is 1. The van der Waals surface area contributed by atoms with Crippen molar-refractivity contribution >= 4 is 47.2 Å². The van der Waals surface area contributed by atoms with Crippen LogP contribution in [0.25, 0.3) is 0 Å². The molecule has 0 unspecified atom stereocenters. The highest BCUT2D eigenvalue weighted by atomic mass is 35.5. The average molecular weight is 271 g/mol. The average Bonchev–Trinajstić information content (AvgIpc) is 2.09. The topological polar surface area (TPSA) is 68.0 Å². The molecule has 0 aliphatic rings. The molecule has 15 heavy (non-hydrogen) atoms. The van der Waals surface area contributed by atoms with E-state index in [0.717, 1.165) is 0 Å². The summed E-state index contributed by atoms with van der Waals surface area (Å²) in [5, 5.41) is 2.94. The van der Waals surface area contributed by atoms with Crippen molar-refractivity contribution in [1.29, 1.82) is 0 Å². The molecular formula is C8H10Cl3N3O. The van der Waals surface area contributed by atoms with E-state index in [4.69, 9.17) is 28.9 Å². The predicted octanol–water partition coefficient (Wildman–Crippen LogP) is 2.10. The van der Waals surface area contributed by atoms with Crippen molar-refractivity contribution in [2.45, 2.75) is 13.0 Å². The lowest BCUT2D eigenvalue weighted by Gasteiger charge is -2.08. The molecule has 0 saturated carbocycles. The molecule has 0 radical (unpaired) electrons. The Morgan fingerprint density at radius 3 is 2.60 bits per heavy atom. The van der Waals surface area contributed by atoms with Crippen LogP contribution in [-0.2, 0) is 4.79 Å². The molecule has 1 aromatic heterocycles. The van der Waals surface area contributed by atoms with Crippen LogP contribution < -0.4 is 11.1 Å². The zero-order valence-corrected chi connectivity index (χ0v) is 10.2. The number of nitrogens with two attached hydrogens (primary N) is 1. The van der Waals surface area contributed by atoms with E-state index in [0.29, 0.717) is 5.69 Å². The number of pyridine rings is 1. The number of hydrogen-bond acceptors (Lipinski definition) is 3. The molecule has 1 aromatic rings. The molecule has 0 bridgehead atoms. The van der Waals surface area contributed by atoms with Crippen molar-refractivity contribution in [2.75, 3.05) is 5.32 Å². The van der Waals surface area contributed by atoms with Crippen LogP contribution in [0.1, 0.15) is 6.92 Å². The molecule has 7 heteroatoms. The van der Waals surface area contributed by atoms with Crippen LogP contribution in [0.3, 0.4) is 0 Å². The van der Waals surface area contributed by atoms with E-state index in [-0.39, 0.29) is 28.6 Å². The van der Waals surface area contributed by atoms with E-state index >= 15 is 0 Å². The Balaban J connectivity index is 0.00000196. The summed E-state index contributed by atoms with van der Waals surface area (Å²) < 4.78 is 0. The normalized spacial score (nSPS) is 11.5. The van der Waals surface area contributed by atoms with Gasteiger partial charge in [-0.15, -0.1) is 12.4 Å². The molecule has 3 N–H and O–H groups in total. The van der Waals surface area contributed by atoms with Gasteiger partial charge in [-0.1, -0.05) is 23.2 Å². The van der Waals surface area contributed by atoms with Gasteiger partial charge >= 0.3 is 0 Å². The third-order valence-electron chi connectivity index (χ3n) is 1.49. The number of aromatic nitrogens is 1. The van der Waals surface area contributed by atoms with Gasteiger partial charge in [0.2, 0.25) is 5.91 Å². The van der Waals surface area contributed by atoms with Crippen molar-refractivity contribution in [1.82, 2.24) is 4.98 Å². The second-order valence-corrected chi connectivity index (χ2v) is 3.50. The van der Waals surface area contributed by atoms with Crippen molar-refractivity contribution in [3.63, 3.8) is 0 Å². The monoisotopic (exact) mass is 269 g/mol. The number of carbonyl (C=O) groups is 1. The van der Waals surface area contributed by atoms with E-state index in [1.807, 2.05) is 0 Å². The van der Waals surface area contributed by atoms with Gasteiger partial charge in [-0.2, -0.15) is 0 Å². The Bertz CT molecular complexity index is 357. The van der Waals surface area contributed by atoms with Crippen molar-refractivity contribution in [3.8, 4) is 0 Å². The summed E-state index contributed by atoms with van der Waals surface area (Å²) in [5.74, 6) is -0.323. The predicted molar refractivity (Wildman–Crippen MR) is 63.8 cm³/mol. The van der Waals surface area contributed by atoms with Crippen LogP contribution >= 0.6 is 35.6 Å². The number of carbonyl (C=O) groups excluding carboxylic acids is 1. The van der Waals surface area contributed by atoms with Crippen molar-refractivity contribution in [3.05, 3.63) is 22.4 Å². The van der Waals surface area contributed by atoms with E-state index in [2.05, 4.69) is 10.3 Å². The summed E-state index contributed by atoms with van der Waals surface area (Å²) >= 11 is 11.3. The van der Waals surface area contributed by atoms with E-state index in [9.17, 15) is 4.79 Å². The van der Waals surface area contributed by atoms with Crippen LogP contribution in [0.4, 0.5) is 5.69 Å². The third kappa shape index (κ3) is 4.22. The fourth-order valence-electron chi connectivity index (χ4n) is 0.752. The maximum absolute atomic E-state index is 11.2. The summed E-state index contributed by atoms with van der Waals surface area (Å²) in [6, 6.07) is 2.50. The minimum absolute atomic E-state index is 0. The largest absolute Gasteiger partial charge is 0.322 e. The fraction of sp³-hybridized carbons (Fsp3) is 0.250. The zero-order valence-electron chi connectivity index (χ0n) is 7.83. The smallest absolute Gasteiger partial charge is 0.241 e. The first-order valence-corrected chi connectivity index (χ1v) is 4.65. The molecule has 0 saturated heterocycles. The highest BCUT2D eigenvalue weighted by molar-refractivity contribution is 6.34. The first kappa shape index (κ1) is 14.5. The van der Waals surface area contributed by atoms with Gasteiger partial charge in [0, 0.05) is 0 Å². The number of amides is 1. The SMILES string of the molecule is C[C@@H](N)C(=O)Nc1ccc(Cl)nc1Cl.Cl. The van der Waals surface area contributed by atoms with Gasteiger partial charge < -0.3 is 11.1 Å². The van der Waals surface area contributed by atoms with Crippen molar-refractivity contribution in [2.24, 2.45) is 5.73 Å². The Morgan fingerprint density at radius 2 is 2.13 bits per heavy atom. The molecule has 0 aliphatic heterocycles. The molecule has 4 nitrogen and oxygen atoms in total. The molecule has 1 atom stereocenters. The number of nitrogens with one attached hydrogen (secondary N) is 1. The van der Waals surface area contributed by atoms with Gasteiger partial charge in [-0.3, -0.25) is 4.79 Å². The second-order valence-electron chi connectivity index (χ2n) is 2.75. The highest BCUT2D eigenvalue weighted by Crippen LogP contribution is 2.21. The summed E-state index contributed by atoms with van der Waals surface area (Å²) in [6.45, 7) is 1.58. The highest BCUT2D eigenvalue weighted by Gasteiger charge is 2.10. The lowest BCUT2D eigenvalue weighted by atomic mass is 10.3. The first-order valence-electron chi connectivity index (χ1n) is 3.89. The van der Waals surface area contributed by atoms with Crippen LogP contribution in [0, 0.1) is 0 Å². The van der Waals surface area contributed by atoms with Gasteiger partial charge in [-0.25, -0.2) is 4.98 Å². The van der Waals surface area contributed by atoms with Crippen LogP contribution in [0.5, 0.6) is 0 Å². The summed E-state index contributed by atoms with van der Waals surface area (Å²) in [4.78, 5) is 15.0. The Hall–Kier alpha value is -0.550. The van der Waals surface area contributed by atoms with E-state index in [1.54, 1.807) is 13.0 Å². The Labute approximate surface area is 104 Å². The molecule has 84 valence electrons. The van der Waals surface area contributed by atoms with E-state index < -0.39 is 6.04 Å². The number of anilines is 1. The van der Waals surface area contributed by atoms with Crippen LogP contribution in [-0.4, -0.2) is 16.9 Å². The lowest BCUT2D eigenvalue weighted by Crippen LogP contribution is -2.32. The molecule has 1 amide bonds. The molecular weight excluding hydrogens is 260 g/mol. The van der Waals surface area contributed by atoms with Gasteiger partial charge in [0.25, 0.3) is 0 Å². The maximum Gasteiger partial charge on any atom is 0.241 e. The lowest BCUT2D eigenvalue weighted by molar-refractivity contribution is -0.117. The number of halogens is 3. The van der Waals surface area contributed by atoms with Gasteiger partial charge in [0.05, 0.1) is 11.7 Å². The molecule has 0 aromatic carbocycles. The summed E-state index contributed by atoms with van der Waals surface area (Å²) in [5.41, 5.74) is 5.76. The fourth-order valence-corrected chi connectivity index (χ4v) is 1.14. The Kier molecular flexibility index (Phi) is 5.90. The quantitative estimate of drug-likeness (QED) is 0.809. The standard InChI is InChI=1S/C8H9Cl2N3O.ClH/c1-4(11)8(14)12-5-2-3-6(9)13-7(5)10;/h2-4H,11H2,1H3,(H,12,14);1H/t4-;/m1./s1. The minimum atomic E-state index is -0.596. The number of hydrogen-bond donors (Lipinski definition) is 2. The van der Waals surface area contributed by atoms with Crippen LogP contribution in [0.15, 0.2) is 12.1 Å². The minimum Gasteiger partial charge on any atom is -0.322 e. The second kappa shape index (κ2) is 6.12. The zero-order chi connectivity index (χ0) is 10.7. The first-order chi connectivity index (χ1) is 6.50. The van der Waals surface area contributed by atoms with Gasteiger partial charge in [0.1, 0.15) is 5.15 Å². The van der Waals surface area contributed by atoms with E-state index in [1.165, 1.54) is 6.07 Å². The molecule has 0 spiro atoms. The molecule has 0 fully saturated rings. The third-order valence-corrected chi connectivity index (χ3v) is 1.98. The summed E-state index contributed by atoms with van der Waals surface area (Å²) in [6.07, 6.45) is 0. The Morgan fingerprint density at radius 1 is 1.53 bits per heavy atom. The van der Waals surface area contributed by atoms with Crippen LogP contribution in [0.2, 0.25) is 10.3 Å². The van der Waals surface area contributed by atoms with Gasteiger partial charge in [-0.05, 0) is 19.1 Å². The number of rotatable bonds is 2. The molecule has 1 heterocycles. The molecule has 1 rings (SSSR count). The van der Waals surface area contributed by atoms with Crippen molar-refractivity contribution < 1.29 is 4.79 Å². The molecule has 0 aliphatic carbocycles. The van der Waals surface area contributed by atoms with Gasteiger partial charge in [0.15, 0.2) is 5.15 Å².